The van der Waals surface area contributed by atoms with Gasteiger partial charge in [0.05, 0.1) is 31.7 Å². The average Bonchev–Trinajstić information content (AvgIpc) is 3.32. The van der Waals surface area contributed by atoms with Crippen LogP contribution in [0.3, 0.4) is 0 Å². The molecule has 232 valence electrons. The van der Waals surface area contributed by atoms with Crippen molar-refractivity contribution >= 4 is 40.4 Å². The number of nitrogens with zero attached hydrogens (tertiary/aromatic N) is 1. The third kappa shape index (κ3) is 4.53. The van der Waals surface area contributed by atoms with Crippen molar-refractivity contribution in [3.8, 4) is 17.2 Å². The first-order valence-electron chi connectivity index (χ1n) is 15.2. The van der Waals surface area contributed by atoms with E-state index in [4.69, 9.17) is 9.47 Å². The van der Waals surface area contributed by atoms with Crippen molar-refractivity contribution in [3.05, 3.63) is 107 Å². The number of carbonyl (C=O) groups is 4. The van der Waals surface area contributed by atoms with Crippen LogP contribution in [0.2, 0.25) is 0 Å². The Morgan fingerprint density at radius 2 is 1.50 bits per heavy atom. The molecule has 3 aromatic carbocycles. The van der Waals surface area contributed by atoms with E-state index >= 15 is 0 Å². The van der Waals surface area contributed by atoms with Crippen molar-refractivity contribution in [1.82, 2.24) is 0 Å². The van der Waals surface area contributed by atoms with Gasteiger partial charge in [-0.05, 0) is 68.2 Å². The number of aromatic hydroxyl groups is 1. The van der Waals surface area contributed by atoms with Gasteiger partial charge < -0.3 is 19.9 Å². The maximum atomic E-state index is 14.3. The summed E-state index contributed by atoms with van der Waals surface area (Å²) in [4.78, 5) is 56.7. The van der Waals surface area contributed by atoms with E-state index < -0.39 is 23.7 Å². The number of Topliss-reactive ketones (excluding diaryl/α,β-unsaturated/α-hetero) is 1. The van der Waals surface area contributed by atoms with Crippen molar-refractivity contribution in [2.45, 2.75) is 25.7 Å². The Morgan fingerprint density at radius 3 is 2.15 bits per heavy atom. The molecule has 9 heteroatoms. The van der Waals surface area contributed by atoms with Crippen LogP contribution in [0.5, 0.6) is 17.2 Å². The number of carbonyl (C=O) groups excluding carboxylic acids is 4. The van der Waals surface area contributed by atoms with Crippen molar-refractivity contribution < 1.29 is 33.8 Å². The molecule has 7 rings (SSSR count). The molecule has 2 amide bonds. The molecule has 3 aliphatic carbocycles. The third-order valence-corrected chi connectivity index (χ3v) is 9.57. The van der Waals surface area contributed by atoms with Crippen molar-refractivity contribution in [1.29, 1.82) is 0 Å². The van der Waals surface area contributed by atoms with Crippen molar-refractivity contribution in [2.75, 3.05) is 24.4 Å². The monoisotopic (exact) mass is 616 g/mol. The second-order valence-electron chi connectivity index (χ2n) is 12.0. The minimum Gasteiger partial charge on any atom is -0.508 e. The first kappa shape index (κ1) is 29.3. The topological polar surface area (TPSA) is 122 Å². The fourth-order valence-electron chi connectivity index (χ4n) is 7.54. The molecule has 2 N–H and O–H groups in total. The van der Waals surface area contributed by atoms with Gasteiger partial charge in [-0.3, -0.25) is 24.1 Å². The molecule has 1 aliphatic heterocycles. The number of fused-ring (bicyclic) bond motifs is 3. The van der Waals surface area contributed by atoms with Crippen LogP contribution in [0.1, 0.15) is 31.2 Å². The summed E-state index contributed by atoms with van der Waals surface area (Å²) in [5.74, 6) is -3.32. The van der Waals surface area contributed by atoms with Crippen LogP contribution in [0.4, 0.5) is 17.1 Å². The Morgan fingerprint density at radius 1 is 0.848 bits per heavy atom. The smallest absolute Gasteiger partial charge is 0.238 e. The van der Waals surface area contributed by atoms with E-state index in [1.165, 1.54) is 37.3 Å². The zero-order valence-electron chi connectivity index (χ0n) is 25.6. The predicted molar refractivity (Wildman–Crippen MR) is 171 cm³/mol. The lowest BCUT2D eigenvalue weighted by Crippen LogP contribution is -2.40. The molecule has 1 heterocycles. The number of nitrogens with one attached hydrogen (secondary N) is 1. The number of imide groups is 1. The van der Waals surface area contributed by atoms with Crippen LogP contribution in [0.25, 0.3) is 0 Å². The minimum atomic E-state index is -0.777. The molecule has 1 fully saturated rings. The number of anilines is 3. The highest BCUT2D eigenvalue weighted by Crippen LogP contribution is 2.58. The molecule has 4 atom stereocenters. The normalized spacial score (nSPS) is 23.8. The van der Waals surface area contributed by atoms with E-state index in [1.807, 2.05) is 48.5 Å². The molecule has 4 unspecified atom stereocenters. The van der Waals surface area contributed by atoms with Gasteiger partial charge in [-0.25, -0.2) is 0 Å². The quantitative estimate of drug-likeness (QED) is 0.203. The second-order valence-corrected chi connectivity index (χ2v) is 12.0. The molecule has 0 radical (unpaired) electrons. The van der Waals surface area contributed by atoms with Gasteiger partial charge in [-0.2, -0.15) is 0 Å². The van der Waals surface area contributed by atoms with Gasteiger partial charge in [0.2, 0.25) is 11.8 Å². The molecule has 0 aromatic heterocycles. The highest BCUT2D eigenvalue weighted by Gasteiger charge is 2.57. The Bertz CT molecular complexity index is 1880. The number of ether oxygens (including phenoxy) is 2. The molecule has 9 nitrogen and oxygen atoms in total. The molecule has 4 aliphatic rings. The van der Waals surface area contributed by atoms with Crippen LogP contribution in [-0.2, 0) is 19.2 Å². The standard InChI is InChI=1S/C37H32N2O7/c1-19-15-28(41)27-18-26-24(32(33(27)35(19)42)34-29(45-2)16-23(40)17-30(34)46-3)13-14-25-31(26)37(44)39(36(25)43)22-11-9-21(10-12-22)38-20-7-5-4-6-8-20/h4-13,15-17,25-26,31-32,38,40H,14,18H2,1-3H3. The van der Waals surface area contributed by atoms with Gasteiger partial charge in [0, 0.05) is 51.7 Å². The number of para-hydroxylation sites is 1. The highest BCUT2D eigenvalue weighted by atomic mass is 16.5. The summed E-state index contributed by atoms with van der Waals surface area (Å²) in [7, 11) is 2.91. The van der Waals surface area contributed by atoms with Gasteiger partial charge in [0.25, 0.3) is 0 Å². The number of phenolic OH excluding ortho intramolecular Hbond substituents is 1. The van der Waals surface area contributed by atoms with Crippen LogP contribution < -0.4 is 19.7 Å². The zero-order valence-corrected chi connectivity index (χ0v) is 25.6. The van der Waals surface area contributed by atoms with Crippen LogP contribution >= 0.6 is 0 Å². The van der Waals surface area contributed by atoms with Crippen molar-refractivity contribution in [3.63, 3.8) is 0 Å². The lowest BCUT2D eigenvalue weighted by Gasteiger charge is -2.42. The van der Waals surface area contributed by atoms with Crippen molar-refractivity contribution in [2.24, 2.45) is 17.8 Å². The Balaban J connectivity index is 1.29. The minimum absolute atomic E-state index is 0.0870. The summed E-state index contributed by atoms with van der Waals surface area (Å²) < 4.78 is 11.4. The zero-order chi connectivity index (χ0) is 32.3. The molecule has 3 aromatic rings. The fourth-order valence-corrected chi connectivity index (χ4v) is 7.54. The summed E-state index contributed by atoms with van der Waals surface area (Å²) >= 11 is 0. The predicted octanol–water partition coefficient (Wildman–Crippen LogP) is 5.79. The number of rotatable bonds is 6. The third-order valence-electron chi connectivity index (χ3n) is 9.57. The molecule has 0 saturated carbocycles. The van der Waals surface area contributed by atoms with Crippen LogP contribution in [0.15, 0.2) is 101 Å². The van der Waals surface area contributed by atoms with E-state index in [0.717, 1.165) is 16.9 Å². The Labute approximate surface area is 265 Å². The van der Waals surface area contributed by atoms with Gasteiger partial charge in [0.1, 0.15) is 17.2 Å². The molecule has 0 bridgehead atoms. The van der Waals surface area contributed by atoms with E-state index in [0.29, 0.717) is 34.4 Å². The number of hydrogen-bond acceptors (Lipinski definition) is 8. The van der Waals surface area contributed by atoms with E-state index in [9.17, 15) is 24.3 Å². The maximum absolute atomic E-state index is 14.3. The summed E-state index contributed by atoms with van der Waals surface area (Å²) in [6.07, 6.45) is 3.74. The number of amides is 2. The SMILES string of the molecule is COc1cc(O)cc(OC)c1C1C2=CCC3C(=O)N(c4ccc(Nc5ccccc5)cc4)C(=O)C3C2CC2=C1C(=O)C(C)=CC2=O. The molecular formula is C37H32N2O7. The Hall–Kier alpha value is -5.44. The Kier molecular flexibility index (Phi) is 7.11. The lowest BCUT2D eigenvalue weighted by atomic mass is 9.59. The van der Waals surface area contributed by atoms with Crippen LogP contribution in [-0.4, -0.2) is 42.7 Å². The summed E-state index contributed by atoms with van der Waals surface area (Å²) in [5, 5.41) is 13.7. The highest BCUT2D eigenvalue weighted by molar-refractivity contribution is 6.25. The number of hydrogen-bond donors (Lipinski definition) is 2. The largest absolute Gasteiger partial charge is 0.508 e. The molecule has 0 spiro atoms. The number of ketones is 2. The van der Waals surface area contributed by atoms with Gasteiger partial charge in [-0.15, -0.1) is 0 Å². The summed E-state index contributed by atoms with van der Waals surface area (Å²) in [5.41, 5.74) is 4.42. The first-order chi connectivity index (χ1) is 22.2. The number of allylic oxidation sites excluding steroid dienone is 6. The van der Waals surface area contributed by atoms with Gasteiger partial charge in [0.15, 0.2) is 11.6 Å². The van der Waals surface area contributed by atoms with E-state index in [-0.39, 0.29) is 47.1 Å². The number of methoxy groups -OCH3 is 2. The number of phenols is 1. The molecule has 1 saturated heterocycles. The molecular weight excluding hydrogens is 584 g/mol. The summed E-state index contributed by atoms with van der Waals surface area (Å²) in [6.45, 7) is 1.61. The second kappa shape index (κ2) is 11.2. The number of benzene rings is 3. The molecule has 46 heavy (non-hydrogen) atoms. The first-order valence-corrected chi connectivity index (χ1v) is 15.2. The van der Waals surface area contributed by atoms with E-state index in [2.05, 4.69) is 5.32 Å². The fraction of sp³-hybridized carbons (Fsp3) is 0.243. The van der Waals surface area contributed by atoms with E-state index in [1.54, 1.807) is 19.1 Å². The average molecular weight is 617 g/mol. The van der Waals surface area contributed by atoms with Crippen LogP contribution in [0, 0.1) is 17.8 Å². The maximum Gasteiger partial charge on any atom is 0.238 e. The summed E-state index contributed by atoms with van der Waals surface area (Å²) in [6, 6.07) is 19.7. The lowest BCUT2D eigenvalue weighted by molar-refractivity contribution is -0.123. The van der Waals surface area contributed by atoms with Gasteiger partial charge >= 0.3 is 0 Å². The van der Waals surface area contributed by atoms with Gasteiger partial charge in [-0.1, -0.05) is 29.8 Å².